The average Bonchev–Trinajstić information content (AvgIpc) is 2.53. The predicted molar refractivity (Wildman–Crippen MR) is 78.8 cm³/mol. The van der Waals surface area contributed by atoms with Gasteiger partial charge in [-0.25, -0.2) is 4.79 Å². The molecule has 22 heavy (non-hydrogen) atoms. The van der Waals surface area contributed by atoms with Crippen LogP contribution >= 0.6 is 0 Å². The second-order valence-corrected chi connectivity index (χ2v) is 5.13. The fourth-order valence-electron chi connectivity index (χ4n) is 2.42. The molecule has 0 amide bonds. The van der Waals surface area contributed by atoms with Crippen LogP contribution in [0, 0.1) is 17.2 Å². The smallest absolute Gasteiger partial charge is 0.338 e. The molecule has 0 bridgehead atoms. The number of carbonyl (C=O) groups excluding carboxylic acids is 1. The van der Waals surface area contributed by atoms with Crippen molar-refractivity contribution in [2.24, 2.45) is 11.7 Å². The van der Waals surface area contributed by atoms with E-state index < -0.39 is 11.9 Å². The van der Waals surface area contributed by atoms with Gasteiger partial charge in [0.2, 0.25) is 5.88 Å². The maximum Gasteiger partial charge on any atom is 0.338 e. The number of rotatable bonds is 3. The summed E-state index contributed by atoms with van der Waals surface area (Å²) >= 11 is 0. The molecule has 2 rings (SSSR count). The van der Waals surface area contributed by atoms with Crippen molar-refractivity contribution in [2.45, 2.75) is 19.8 Å². The Kier molecular flexibility index (Phi) is 4.47. The summed E-state index contributed by atoms with van der Waals surface area (Å²) in [6, 6.07) is 5.51. The number of nitriles is 1. The Morgan fingerprint density at radius 2 is 2.09 bits per heavy atom. The van der Waals surface area contributed by atoms with Crippen LogP contribution in [0.25, 0.3) is 0 Å². The number of pyridine rings is 1. The molecule has 1 aromatic rings. The van der Waals surface area contributed by atoms with Gasteiger partial charge in [0.05, 0.1) is 18.6 Å². The Bertz CT molecular complexity index is 684. The molecule has 1 atom stereocenters. The first kappa shape index (κ1) is 15.6. The van der Waals surface area contributed by atoms with E-state index in [2.05, 4.69) is 4.98 Å². The molecule has 0 saturated heterocycles. The maximum atomic E-state index is 12.3. The molecule has 0 aromatic carbocycles. The molecular formula is C16H17N3O3. The van der Waals surface area contributed by atoms with Crippen LogP contribution in [0.3, 0.4) is 0 Å². The highest BCUT2D eigenvalue weighted by atomic mass is 16.5. The molecule has 0 aliphatic carbocycles. The minimum atomic E-state index is -0.619. The van der Waals surface area contributed by atoms with E-state index in [9.17, 15) is 10.1 Å². The largest absolute Gasteiger partial charge is 0.466 e. The van der Waals surface area contributed by atoms with Gasteiger partial charge >= 0.3 is 5.97 Å². The van der Waals surface area contributed by atoms with Gasteiger partial charge in [-0.05, 0) is 17.7 Å². The molecule has 0 fully saturated rings. The summed E-state index contributed by atoms with van der Waals surface area (Å²) in [6.45, 7) is 3.76. The topological polar surface area (TPSA) is 98.2 Å². The first-order chi connectivity index (χ1) is 10.5. The molecule has 1 aliphatic heterocycles. The summed E-state index contributed by atoms with van der Waals surface area (Å²) < 4.78 is 10.4. The van der Waals surface area contributed by atoms with Crippen LogP contribution in [0.5, 0.6) is 0 Å². The van der Waals surface area contributed by atoms with E-state index >= 15 is 0 Å². The fourth-order valence-corrected chi connectivity index (χ4v) is 2.42. The van der Waals surface area contributed by atoms with E-state index in [4.69, 9.17) is 15.2 Å². The molecule has 0 spiro atoms. The lowest BCUT2D eigenvalue weighted by atomic mass is 9.82. The van der Waals surface area contributed by atoms with Crippen molar-refractivity contribution in [1.29, 1.82) is 5.26 Å². The third kappa shape index (κ3) is 2.66. The van der Waals surface area contributed by atoms with Crippen LogP contribution in [0.15, 0.2) is 47.3 Å². The van der Waals surface area contributed by atoms with Crippen molar-refractivity contribution in [1.82, 2.24) is 4.98 Å². The number of ether oxygens (including phenoxy) is 2. The molecule has 6 nitrogen and oxygen atoms in total. The zero-order valence-electron chi connectivity index (χ0n) is 12.7. The van der Waals surface area contributed by atoms with Gasteiger partial charge in [0.25, 0.3) is 0 Å². The normalized spacial score (nSPS) is 18.0. The third-order valence-electron chi connectivity index (χ3n) is 3.42. The highest BCUT2D eigenvalue weighted by Gasteiger charge is 2.38. The number of aromatic nitrogens is 1. The lowest BCUT2D eigenvalue weighted by Crippen LogP contribution is -2.27. The van der Waals surface area contributed by atoms with Crippen LogP contribution in [0.1, 0.15) is 25.3 Å². The molecule has 114 valence electrons. The van der Waals surface area contributed by atoms with Crippen molar-refractivity contribution in [3.63, 3.8) is 0 Å². The minimum Gasteiger partial charge on any atom is -0.466 e. The Labute approximate surface area is 128 Å². The van der Waals surface area contributed by atoms with Gasteiger partial charge in [-0.2, -0.15) is 5.26 Å². The van der Waals surface area contributed by atoms with E-state index in [-0.39, 0.29) is 17.4 Å². The fraction of sp³-hybridized carbons (Fsp3) is 0.312. The van der Waals surface area contributed by atoms with Gasteiger partial charge in [-0.15, -0.1) is 0 Å². The Morgan fingerprint density at radius 3 is 2.59 bits per heavy atom. The number of methoxy groups -OCH3 is 1. The van der Waals surface area contributed by atoms with Gasteiger partial charge in [0.15, 0.2) is 0 Å². The summed E-state index contributed by atoms with van der Waals surface area (Å²) in [7, 11) is 1.30. The summed E-state index contributed by atoms with van der Waals surface area (Å²) in [4.78, 5) is 16.2. The van der Waals surface area contributed by atoms with Crippen LogP contribution < -0.4 is 5.73 Å². The molecular weight excluding hydrogens is 282 g/mol. The number of carbonyl (C=O) groups is 1. The lowest BCUT2D eigenvalue weighted by Gasteiger charge is -2.29. The van der Waals surface area contributed by atoms with Crippen molar-refractivity contribution in [2.75, 3.05) is 7.11 Å². The zero-order valence-corrected chi connectivity index (χ0v) is 12.7. The molecule has 2 heterocycles. The van der Waals surface area contributed by atoms with Gasteiger partial charge in [-0.3, -0.25) is 4.98 Å². The molecule has 0 saturated carbocycles. The summed E-state index contributed by atoms with van der Waals surface area (Å²) in [6.07, 6.45) is 3.19. The average molecular weight is 299 g/mol. The zero-order chi connectivity index (χ0) is 16.3. The number of allylic oxidation sites excluding steroid dienone is 2. The minimum absolute atomic E-state index is 0.0145. The highest BCUT2D eigenvalue weighted by molar-refractivity contribution is 5.92. The van der Waals surface area contributed by atoms with Crippen molar-refractivity contribution < 1.29 is 14.3 Å². The lowest BCUT2D eigenvalue weighted by molar-refractivity contribution is -0.136. The van der Waals surface area contributed by atoms with Crippen molar-refractivity contribution >= 4 is 5.97 Å². The number of nitrogens with two attached hydrogens (primary N) is 1. The maximum absolute atomic E-state index is 12.3. The van der Waals surface area contributed by atoms with E-state index in [0.717, 1.165) is 5.56 Å². The predicted octanol–water partition coefficient (Wildman–Crippen LogP) is 1.97. The number of esters is 1. The Balaban J connectivity index is 2.71. The number of hydrogen-bond donors (Lipinski definition) is 1. The van der Waals surface area contributed by atoms with E-state index in [1.54, 1.807) is 24.5 Å². The van der Waals surface area contributed by atoms with Crippen LogP contribution in [0.4, 0.5) is 0 Å². The van der Waals surface area contributed by atoms with Crippen molar-refractivity contribution in [3.8, 4) is 6.07 Å². The Hall–Kier alpha value is -2.81. The van der Waals surface area contributed by atoms with Crippen LogP contribution in [-0.2, 0) is 14.3 Å². The van der Waals surface area contributed by atoms with Crippen molar-refractivity contribution in [3.05, 3.63) is 52.9 Å². The highest BCUT2D eigenvalue weighted by Crippen LogP contribution is 2.41. The van der Waals surface area contributed by atoms with Gasteiger partial charge in [0.1, 0.15) is 17.4 Å². The van der Waals surface area contributed by atoms with E-state index in [0.29, 0.717) is 11.3 Å². The van der Waals surface area contributed by atoms with Crippen LogP contribution in [0.2, 0.25) is 0 Å². The second-order valence-electron chi connectivity index (χ2n) is 5.13. The molecule has 1 aliphatic rings. The third-order valence-corrected chi connectivity index (χ3v) is 3.42. The van der Waals surface area contributed by atoms with Gasteiger partial charge < -0.3 is 15.2 Å². The van der Waals surface area contributed by atoms with E-state index in [1.165, 1.54) is 7.11 Å². The van der Waals surface area contributed by atoms with Gasteiger partial charge in [-0.1, -0.05) is 13.8 Å². The van der Waals surface area contributed by atoms with Crippen LogP contribution in [-0.4, -0.2) is 18.1 Å². The molecule has 1 unspecified atom stereocenters. The molecule has 2 N–H and O–H groups in total. The quantitative estimate of drug-likeness (QED) is 0.857. The summed E-state index contributed by atoms with van der Waals surface area (Å²) in [5, 5.41) is 9.43. The van der Waals surface area contributed by atoms with Gasteiger partial charge in [0, 0.05) is 18.3 Å². The Morgan fingerprint density at radius 1 is 1.45 bits per heavy atom. The molecule has 6 heteroatoms. The SMILES string of the molecule is COC(=O)C1=C(C(C)C)OC(N)=C(C#N)C1c1ccncc1. The molecule has 1 aromatic heterocycles. The first-order valence-corrected chi connectivity index (χ1v) is 6.81. The standard InChI is InChI=1S/C16H17N3O3/c1-9(2)14-13(16(20)21-3)12(10-4-6-19-7-5-10)11(8-17)15(18)22-14/h4-7,9,12H,18H2,1-3H3. The first-order valence-electron chi connectivity index (χ1n) is 6.81. The number of hydrogen-bond acceptors (Lipinski definition) is 6. The summed E-state index contributed by atoms with van der Waals surface area (Å²) in [5.41, 5.74) is 7.11. The second kappa shape index (κ2) is 6.31. The monoisotopic (exact) mass is 299 g/mol. The van der Waals surface area contributed by atoms with E-state index in [1.807, 2.05) is 19.9 Å². The summed E-state index contributed by atoms with van der Waals surface area (Å²) in [5.74, 6) is -0.805. The molecule has 0 radical (unpaired) electrons. The number of nitrogens with zero attached hydrogens (tertiary/aromatic N) is 2.